The number of sulfonamides is 1. The van der Waals surface area contributed by atoms with Crippen molar-refractivity contribution in [1.29, 1.82) is 5.26 Å². The maximum absolute atomic E-state index is 12.7. The lowest BCUT2D eigenvalue weighted by molar-refractivity contribution is 0.232. The zero-order chi connectivity index (χ0) is 15.1. The quantitative estimate of drug-likeness (QED) is 0.825. The minimum Gasteiger partial charge on any atom is -0.271 e. The minimum absolute atomic E-state index is 0.306. The molecule has 0 spiro atoms. The zero-order valence-electron chi connectivity index (χ0n) is 12.3. The Labute approximate surface area is 120 Å². The molecule has 0 aliphatic carbocycles. The van der Waals surface area contributed by atoms with Crippen molar-refractivity contribution in [2.24, 2.45) is 12.5 Å². The van der Waals surface area contributed by atoms with E-state index in [1.165, 1.54) is 4.31 Å². The van der Waals surface area contributed by atoms with Crippen molar-refractivity contribution < 1.29 is 8.42 Å². The molecule has 1 aliphatic rings. The van der Waals surface area contributed by atoms with Gasteiger partial charge in [0, 0.05) is 20.1 Å². The monoisotopic (exact) mass is 296 g/mol. The second kappa shape index (κ2) is 4.86. The first-order chi connectivity index (χ1) is 9.21. The molecule has 110 valence electrons. The summed E-state index contributed by atoms with van der Waals surface area (Å²) in [5.74, 6) is 0. The van der Waals surface area contributed by atoms with Crippen LogP contribution in [0.25, 0.3) is 0 Å². The van der Waals surface area contributed by atoms with E-state index in [-0.39, 0.29) is 0 Å². The molecule has 1 aromatic heterocycles. The highest BCUT2D eigenvalue weighted by atomic mass is 32.2. The molecular weight excluding hydrogens is 276 g/mol. The van der Waals surface area contributed by atoms with Crippen molar-refractivity contribution in [3.63, 3.8) is 0 Å². The second-order valence-electron chi connectivity index (χ2n) is 5.70. The summed E-state index contributed by atoms with van der Waals surface area (Å²) >= 11 is 0. The molecule has 0 unspecified atom stereocenters. The predicted molar refractivity (Wildman–Crippen MR) is 74.4 cm³/mol. The molecule has 0 atom stereocenters. The van der Waals surface area contributed by atoms with Crippen LogP contribution < -0.4 is 0 Å². The summed E-state index contributed by atoms with van der Waals surface area (Å²) in [5.41, 5.74) is 0.764. The van der Waals surface area contributed by atoms with Crippen molar-refractivity contribution >= 4 is 10.0 Å². The van der Waals surface area contributed by atoms with Crippen molar-refractivity contribution in [2.45, 2.75) is 38.5 Å². The predicted octanol–water partition coefficient (Wildman–Crippen LogP) is 1.35. The van der Waals surface area contributed by atoms with Gasteiger partial charge in [0.1, 0.15) is 4.90 Å². The van der Waals surface area contributed by atoms with Gasteiger partial charge in [0.05, 0.1) is 22.9 Å². The van der Waals surface area contributed by atoms with Gasteiger partial charge in [-0.15, -0.1) is 0 Å². The number of aromatic nitrogens is 2. The van der Waals surface area contributed by atoms with Crippen LogP contribution in [0.1, 0.15) is 31.2 Å². The van der Waals surface area contributed by atoms with Crippen molar-refractivity contribution in [3.8, 4) is 6.07 Å². The molecule has 0 N–H and O–H groups in total. The summed E-state index contributed by atoms with van der Waals surface area (Å²) in [4.78, 5) is 0.306. The van der Waals surface area contributed by atoms with Crippen molar-refractivity contribution in [1.82, 2.24) is 14.1 Å². The van der Waals surface area contributed by atoms with Crippen LogP contribution >= 0.6 is 0 Å². The van der Waals surface area contributed by atoms with E-state index in [0.29, 0.717) is 42.2 Å². The molecule has 0 radical (unpaired) electrons. The second-order valence-corrected chi connectivity index (χ2v) is 7.57. The van der Waals surface area contributed by atoms with Gasteiger partial charge in [-0.3, -0.25) is 4.68 Å². The fraction of sp³-hybridized carbons (Fsp3) is 0.692. The molecule has 1 saturated heterocycles. The molecule has 20 heavy (non-hydrogen) atoms. The van der Waals surface area contributed by atoms with E-state index < -0.39 is 15.4 Å². The van der Waals surface area contributed by atoms with E-state index in [1.54, 1.807) is 25.6 Å². The topological polar surface area (TPSA) is 79.0 Å². The van der Waals surface area contributed by atoms with Crippen LogP contribution in [0.15, 0.2) is 4.90 Å². The number of nitrogens with zero attached hydrogens (tertiary/aromatic N) is 4. The molecule has 7 heteroatoms. The first-order valence-electron chi connectivity index (χ1n) is 6.63. The average Bonchev–Trinajstić information content (AvgIpc) is 2.64. The number of aryl methyl sites for hydroxylation is 2. The average molecular weight is 296 g/mol. The van der Waals surface area contributed by atoms with E-state index in [4.69, 9.17) is 5.26 Å². The van der Waals surface area contributed by atoms with Gasteiger partial charge >= 0.3 is 0 Å². The molecule has 2 heterocycles. The van der Waals surface area contributed by atoms with Crippen LogP contribution in [0.4, 0.5) is 0 Å². The first kappa shape index (κ1) is 15.0. The van der Waals surface area contributed by atoms with Gasteiger partial charge < -0.3 is 0 Å². The van der Waals surface area contributed by atoms with Gasteiger partial charge in [-0.05, 0) is 33.6 Å². The largest absolute Gasteiger partial charge is 0.271 e. The zero-order valence-corrected chi connectivity index (χ0v) is 13.2. The summed E-state index contributed by atoms with van der Waals surface area (Å²) in [6.07, 6.45) is 1.14. The van der Waals surface area contributed by atoms with Gasteiger partial charge in [-0.25, -0.2) is 8.42 Å². The Hall–Kier alpha value is -1.39. The van der Waals surface area contributed by atoms with Crippen LogP contribution in [-0.2, 0) is 17.1 Å². The third-order valence-corrected chi connectivity index (χ3v) is 6.29. The molecule has 1 fully saturated rings. The number of hydrogen-bond donors (Lipinski definition) is 0. The van der Waals surface area contributed by atoms with Crippen LogP contribution in [0.3, 0.4) is 0 Å². The van der Waals surface area contributed by atoms with E-state index in [1.807, 2.05) is 6.92 Å². The molecule has 1 aromatic rings. The molecule has 2 rings (SSSR count). The fourth-order valence-corrected chi connectivity index (χ4v) is 4.43. The maximum atomic E-state index is 12.7. The van der Waals surface area contributed by atoms with Gasteiger partial charge in [-0.2, -0.15) is 14.7 Å². The summed E-state index contributed by atoms with van der Waals surface area (Å²) in [5, 5.41) is 13.3. The summed E-state index contributed by atoms with van der Waals surface area (Å²) in [6, 6.07) is 2.28. The van der Waals surface area contributed by atoms with E-state index in [2.05, 4.69) is 11.2 Å². The summed E-state index contributed by atoms with van der Waals surface area (Å²) < 4.78 is 28.5. The van der Waals surface area contributed by atoms with Gasteiger partial charge in [0.2, 0.25) is 10.0 Å². The molecule has 0 saturated carbocycles. The van der Waals surface area contributed by atoms with Gasteiger partial charge in [-0.1, -0.05) is 0 Å². The first-order valence-corrected chi connectivity index (χ1v) is 8.07. The standard InChI is InChI=1S/C13H20N4O2S/c1-10-12(11(2)16(4)15-10)20(18,19)17-7-5-13(3,9-14)6-8-17/h5-8H2,1-4H3. The van der Waals surface area contributed by atoms with E-state index in [9.17, 15) is 8.42 Å². The fourth-order valence-electron chi connectivity index (χ4n) is 2.59. The highest BCUT2D eigenvalue weighted by molar-refractivity contribution is 7.89. The van der Waals surface area contributed by atoms with Crippen LogP contribution in [0, 0.1) is 30.6 Å². The van der Waals surface area contributed by atoms with Crippen molar-refractivity contribution in [3.05, 3.63) is 11.4 Å². The van der Waals surface area contributed by atoms with E-state index >= 15 is 0 Å². The number of piperidine rings is 1. The SMILES string of the molecule is Cc1nn(C)c(C)c1S(=O)(=O)N1CCC(C)(C#N)CC1. The molecule has 0 amide bonds. The maximum Gasteiger partial charge on any atom is 0.246 e. The highest BCUT2D eigenvalue weighted by Gasteiger charge is 2.37. The number of rotatable bonds is 2. The Morgan fingerprint density at radius 3 is 2.25 bits per heavy atom. The molecule has 1 aliphatic heterocycles. The normalized spacial score (nSPS) is 19.8. The van der Waals surface area contributed by atoms with Crippen LogP contribution in [-0.4, -0.2) is 35.6 Å². The van der Waals surface area contributed by atoms with Gasteiger partial charge in [0.25, 0.3) is 0 Å². The third-order valence-electron chi connectivity index (χ3n) is 4.14. The van der Waals surface area contributed by atoms with Crippen LogP contribution in [0.5, 0.6) is 0 Å². The Balaban J connectivity index is 2.32. The summed E-state index contributed by atoms with van der Waals surface area (Å²) in [7, 11) is -1.78. The lowest BCUT2D eigenvalue weighted by Gasteiger charge is -2.34. The van der Waals surface area contributed by atoms with Crippen molar-refractivity contribution in [2.75, 3.05) is 13.1 Å². The highest BCUT2D eigenvalue weighted by Crippen LogP contribution is 2.33. The van der Waals surface area contributed by atoms with Gasteiger partial charge in [0.15, 0.2) is 0 Å². The lowest BCUT2D eigenvalue weighted by atomic mass is 9.83. The minimum atomic E-state index is -3.52. The Morgan fingerprint density at radius 2 is 1.85 bits per heavy atom. The smallest absolute Gasteiger partial charge is 0.246 e. The third kappa shape index (κ3) is 2.34. The van der Waals surface area contributed by atoms with E-state index in [0.717, 1.165) is 0 Å². The molecular formula is C13H20N4O2S. The molecule has 6 nitrogen and oxygen atoms in total. The Bertz CT molecular complexity index is 661. The summed E-state index contributed by atoms with van der Waals surface area (Å²) in [6.45, 7) is 6.14. The lowest BCUT2D eigenvalue weighted by Crippen LogP contribution is -2.41. The Kier molecular flexibility index (Phi) is 3.65. The molecule has 0 aromatic carbocycles. The molecule has 0 bridgehead atoms. The van der Waals surface area contributed by atoms with Crippen LogP contribution in [0.2, 0.25) is 0 Å². The number of nitriles is 1. The number of hydrogen-bond acceptors (Lipinski definition) is 4. The Morgan fingerprint density at radius 1 is 1.30 bits per heavy atom.